The van der Waals surface area contributed by atoms with Crippen LogP contribution in [0, 0.1) is 47.5 Å². The number of benzene rings is 3. The first-order chi connectivity index (χ1) is 28.0. The number of hydrogen-bond acceptors (Lipinski definition) is 8. The predicted octanol–water partition coefficient (Wildman–Crippen LogP) is 4.21. The summed E-state index contributed by atoms with van der Waals surface area (Å²) in [5.74, 6) is -3.44. The molecule has 4 amide bonds. The van der Waals surface area contributed by atoms with Crippen molar-refractivity contribution in [2.75, 3.05) is 44.4 Å². The number of halogens is 4. The highest BCUT2D eigenvalue weighted by atomic mass is 19.2. The largest absolute Gasteiger partial charge is 0.420 e. The fourth-order valence-electron chi connectivity index (χ4n) is 5.60. The highest BCUT2D eigenvalue weighted by Crippen LogP contribution is 2.28. The Hall–Kier alpha value is -6.23. The summed E-state index contributed by atoms with van der Waals surface area (Å²) in [5.41, 5.74) is 3.17. The van der Waals surface area contributed by atoms with Gasteiger partial charge in [0.05, 0.1) is 32.1 Å². The van der Waals surface area contributed by atoms with E-state index in [1.165, 1.54) is 0 Å². The van der Waals surface area contributed by atoms with E-state index in [2.05, 4.69) is 38.4 Å². The highest BCUT2D eigenvalue weighted by Gasteiger charge is 2.25. The van der Waals surface area contributed by atoms with E-state index in [1.807, 2.05) is 48.5 Å². The lowest BCUT2D eigenvalue weighted by Crippen LogP contribution is -2.53. The summed E-state index contributed by atoms with van der Waals surface area (Å²) in [6.07, 6.45) is 4.86. The Morgan fingerprint density at radius 1 is 0.776 bits per heavy atom. The molecule has 3 aromatic rings. The number of fused-ring (bicyclic) bond motifs is 2. The lowest BCUT2D eigenvalue weighted by atomic mass is 10.0. The Balaban J connectivity index is 1.26. The molecule has 1 aliphatic rings. The zero-order chi connectivity index (χ0) is 41.9. The molecule has 306 valence electrons. The molecule has 1 heterocycles. The topological polar surface area (TPSA) is 152 Å². The normalized spacial score (nSPS) is 11.9. The van der Waals surface area contributed by atoms with Gasteiger partial charge in [0.2, 0.25) is 41.0 Å². The highest BCUT2D eigenvalue weighted by molar-refractivity contribution is 5.95. The van der Waals surface area contributed by atoms with Crippen LogP contribution in [0.5, 0.6) is 5.75 Å². The van der Waals surface area contributed by atoms with Crippen molar-refractivity contribution in [1.29, 1.82) is 0 Å². The Bertz CT molecular complexity index is 2040. The van der Waals surface area contributed by atoms with Crippen molar-refractivity contribution in [3.05, 3.63) is 94.6 Å². The van der Waals surface area contributed by atoms with Gasteiger partial charge < -0.3 is 35.1 Å². The third-order valence-corrected chi connectivity index (χ3v) is 8.55. The summed E-state index contributed by atoms with van der Waals surface area (Å²) in [6, 6.07) is 13.7. The maximum Gasteiger partial charge on any atom is 0.311 e. The standard InChI is InChI=1S/C42H42F4N4O8/c1-2-21-56-23-24-57-22-20-47-42(55)33(49-36(52)15-9-17-38(54)58-41-39(45)31(43)25-32(44)40(41)46)26-48-35(51)14-7-8-16-37(53)50-27-30-12-4-3-10-28(30)18-19-29-11-5-6-13-34(29)50/h1,3-6,10-13,25,33H,7-9,14-17,20-24,26-27H2,(H,47,55)(H,48,51)(H,49,52). The summed E-state index contributed by atoms with van der Waals surface area (Å²) in [7, 11) is 0. The van der Waals surface area contributed by atoms with Gasteiger partial charge in [-0.25, -0.2) is 8.78 Å². The maximum absolute atomic E-state index is 13.9. The Labute approximate surface area is 333 Å². The molecule has 0 spiro atoms. The van der Waals surface area contributed by atoms with Crippen LogP contribution in [-0.2, 0) is 40.0 Å². The van der Waals surface area contributed by atoms with E-state index in [0.717, 1.165) is 16.7 Å². The second-order valence-corrected chi connectivity index (χ2v) is 12.8. The van der Waals surface area contributed by atoms with Gasteiger partial charge in [0, 0.05) is 56.0 Å². The molecule has 1 atom stereocenters. The first-order valence-electron chi connectivity index (χ1n) is 18.4. The number of esters is 1. The molecule has 0 radical (unpaired) electrons. The molecule has 4 rings (SSSR count). The van der Waals surface area contributed by atoms with Gasteiger partial charge in [-0.15, -0.1) is 6.42 Å². The first kappa shape index (κ1) is 44.5. The van der Waals surface area contributed by atoms with E-state index in [0.29, 0.717) is 25.1 Å². The van der Waals surface area contributed by atoms with E-state index >= 15 is 0 Å². The van der Waals surface area contributed by atoms with E-state index in [1.54, 1.807) is 4.90 Å². The molecule has 58 heavy (non-hydrogen) atoms. The number of hydrogen-bond donors (Lipinski definition) is 3. The van der Waals surface area contributed by atoms with Crippen molar-refractivity contribution in [3.8, 4) is 29.9 Å². The van der Waals surface area contributed by atoms with Crippen LogP contribution in [0.3, 0.4) is 0 Å². The average Bonchev–Trinajstić information content (AvgIpc) is 3.20. The SMILES string of the molecule is C#CCOCCOCCNC(=O)C(CNC(=O)CCCCC(=O)N1Cc2ccccc2C#Cc2ccccc21)NC(=O)CCCC(=O)Oc1c(F)c(F)cc(F)c1F. The third-order valence-electron chi connectivity index (χ3n) is 8.55. The second kappa shape index (κ2) is 23.1. The smallest absolute Gasteiger partial charge is 0.311 e. The van der Waals surface area contributed by atoms with Crippen LogP contribution in [0.2, 0.25) is 0 Å². The molecule has 0 saturated carbocycles. The molecule has 0 aromatic heterocycles. The fraction of sp³-hybridized carbons (Fsp3) is 0.357. The minimum absolute atomic E-state index is 0.0224. The third kappa shape index (κ3) is 13.8. The van der Waals surface area contributed by atoms with Crippen LogP contribution in [0.4, 0.5) is 23.2 Å². The number of carbonyl (C=O) groups excluding carboxylic acids is 5. The van der Waals surface area contributed by atoms with Gasteiger partial charge in [-0.1, -0.05) is 48.1 Å². The van der Waals surface area contributed by atoms with Gasteiger partial charge in [0.15, 0.2) is 11.6 Å². The fourth-order valence-corrected chi connectivity index (χ4v) is 5.60. The number of amides is 4. The van der Waals surface area contributed by atoms with Crippen molar-refractivity contribution < 1.29 is 55.7 Å². The number of ether oxygens (including phenoxy) is 3. The first-order valence-corrected chi connectivity index (χ1v) is 18.4. The number of unbranched alkanes of at least 4 members (excludes halogenated alkanes) is 1. The Morgan fingerprint density at radius 3 is 2.19 bits per heavy atom. The molecule has 0 saturated heterocycles. The lowest BCUT2D eigenvalue weighted by molar-refractivity contribution is -0.135. The second-order valence-electron chi connectivity index (χ2n) is 12.8. The van der Waals surface area contributed by atoms with Crippen LogP contribution >= 0.6 is 0 Å². The molecule has 16 heteroatoms. The van der Waals surface area contributed by atoms with Crippen LogP contribution in [-0.4, -0.2) is 75.2 Å². The average molecular weight is 807 g/mol. The minimum atomic E-state index is -1.89. The van der Waals surface area contributed by atoms with Crippen molar-refractivity contribution in [1.82, 2.24) is 16.0 Å². The molecule has 1 unspecified atom stereocenters. The molecule has 1 aliphatic heterocycles. The predicted molar refractivity (Wildman–Crippen MR) is 203 cm³/mol. The summed E-state index contributed by atoms with van der Waals surface area (Å²) >= 11 is 0. The molecule has 3 aromatic carbocycles. The monoisotopic (exact) mass is 806 g/mol. The van der Waals surface area contributed by atoms with Gasteiger partial charge >= 0.3 is 5.97 Å². The van der Waals surface area contributed by atoms with E-state index in [9.17, 15) is 41.5 Å². The number of carbonyl (C=O) groups is 5. The number of para-hydroxylation sites is 1. The molecule has 12 nitrogen and oxygen atoms in total. The van der Waals surface area contributed by atoms with Gasteiger partial charge in [0.1, 0.15) is 12.6 Å². The van der Waals surface area contributed by atoms with Gasteiger partial charge in [0.25, 0.3) is 0 Å². The molecular formula is C42H42F4N4O8. The van der Waals surface area contributed by atoms with Gasteiger partial charge in [-0.3, -0.25) is 24.0 Å². The van der Waals surface area contributed by atoms with Crippen molar-refractivity contribution in [3.63, 3.8) is 0 Å². The quantitative estimate of drug-likeness (QED) is 0.0362. The molecular weight excluding hydrogens is 764 g/mol. The number of terminal acetylenes is 1. The molecule has 3 N–H and O–H groups in total. The van der Waals surface area contributed by atoms with Crippen LogP contribution in [0.15, 0.2) is 54.6 Å². The van der Waals surface area contributed by atoms with E-state index < -0.39 is 65.2 Å². The van der Waals surface area contributed by atoms with Gasteiger partial charge in [-0.05, 0) is 43.0 Å². The lowest BCUT2D eigenvalue weighted by Gasteiger charge is -2.26. The summed E-state index contributed by atoms with van der Waals surface area (Å²) in [6.45, 7) is 0.735. The van der Waals surface area contributed by atoms with Crippen LogP contribution in [0.25, 0.3) is 0 Å². The number of rotatable bonds is 21. The van der Waals surface area contributed by atoms with Crippen LogP contribution < -0.4 is 25.6 Å². The van der Waals surface area contributed by atoms with E-state index in [-0.39, 0.29) is 77.2 Å². The Morgan fingerprint density at radius 2 is 1.43 bits per heavy atom. The summed E-state index contributed by atoms with van der Waals surface area (Å²) in [4.78, 5) is 65.9. The van der Waals surface area contributed by atoms with Crippen molar-refractivity contribution >= 4 is 35.3 Å². The van der Waals surface area contributed by atoms with Crippen molar-refractivity contribution in [2.45, 2.75) is 57.5 Å². The maximum atomic E-state index is 13.9. The van der Waals surface area contributed by atoms with Gasteiger partial charge in [-0.2, -0.15) is 8.78 Å². The van der Waals surface area contributed by atoms with Crippen molar-refractivity contribution in [2.24, 2.45) is 0 Å². The molecule has 0 bridgehead atoms. The Kier molecular flexibility index (Phi) is 17.7. The molecule has 0 aliphatic carbocycles. The zero-order valence-corrected chi connectivity index (χ0v) is 31.5. The minimum Gasteiger partial charge on any atom is -0.420 e. The summed E-state index contributed by atoms with van der Waals surface area (Å²) < 4.78 is 69.5. The number of nitrogens with one attached hydrogen (secondary N) is 3. The summed E-state index contributed by atoms with van der Waals surface area (Å²) in [5, 5.41) is 7.68. The number of anilines is 1. The van der Waals surface area contributed by atoms with E-state index in [4.69, 9.17) is 15.9 Å². The van der Waals surface area contributed by atoms with Crippen LogP contribution in [0.1, 0.15) is 61.6 Å². The number of nitrogens with zero attached hydrogens (tertiary/aromatic N) is 1. The zero-order valence-electron chi connectivity index (χ0n) is 31.5. The molecule has 0 fully saturated rings.